The number of alkyl halides is 1. The van der Waals surface area contributed by atoms with Gasteiger partial charge in [-0.15, -0.1) is 0 Å². The SMILES string of the molecule is N=C[C@@H](F)[C@H](OCc1ccccc1)[C@H](O)COCc1ccccc1. The number of nitrogens with one attached hydrogen (secondary N) is 1. The average molecular weight is 331 g/mol. The van der Waals surface area contributed by atoms with E-state index in [9.17, 15) is 9.50 Å². The number of hydrogen-bond donors (Lipinski definition) is 2. The zero-order chi connectivity index (χ0) is 17.2. The zero-order valence-corrected chi connectivity index (χ0v) is 13.3. The summed E-state index contributed by atoms with van der Waals surface area (Å²) in [6.07, 6.45) is -3.35. The Kier molecular flexibility index (Phi) is 7.55. The lowest BCUT2D eigenvalue weighted by Crippen LogP contribution is -2.41. The fraction of sp³-hybridized carbons (Fsp3) is 0.316. The van der Waals surface area contributed by atoms with Crippen LogP contribution in [0.2, 0.25) is 0 Å². The zero-order valence-electron chi connectivity index (χ0n) is 13.3. The maximum atomic E-state index is 13.9. The van der Waals surface area contributed by atoms with Gasteiger partial charge in [0.25, 0.3) is 0 Å². The molecule has 2 aromatic rings. The predicted octanol–water partition coefficient (Wildman–Crippen LogP) is 3.14. The number of aliphatic hydroxyl groups is 1. The molecule has 4 nitrogen and oxygen atoms in total. The Hall–Kier alpha value is -2.08. The quantitative estimate of drug-likeness (QED) is 0.658. The molecule has 0 fully saturated rings. The molecule has 2 rings (SSSR count). The van der Waals surface area contributed by atoms with E-state index in [1.165, 1.54) is 0 Å². The summed E-state index contributed by atoms with van der Waals surface area (Å²) in [6.45, 7) is 0.420. The highest BCUT2D eigenvalue weighted by molar-refractivity contribution is 5.60. The molecule has 5 heteroatoms. The molecule has 3 atom stereocenters. The van der Waals surface area contributed by atoms with Gasteiger partial charge in [-0.05, 0) is 11.1 Å². The molecule has 24 heavy (non-hydrogen) atoms. The van der Waals surface area contributed by atoms with Crippen LogP contribution in [0.4, 0.5) is 4.39 Å². The van der Waals surface area contributed by atoms with Crippen LogP contribution >= 0.6 is 0 Å². The maximum absolute atomic E-state index is 13.9. The minimum absolute atomic E-state index is 0.0669. The fourth-order valence-corrected chi connectivity index (χ4v) is 2.24. The van der Waals surface area contributed by atoms with Gasteiger partial charge in [0, 0.05) is 6.21 Å². The highest BCUT2D eigenvalue weighted by Gasteiger charge is 2.28. The number of aliphatic hydroxyl groups excluding tert-OH is 1. The second-order valence-corrected chi connectivity index (χ2v) is 5.44. The fourth-order valence-electron chi connectivity index (χ4n) is 2.24. The van der Waals surface area contributed by atoms with Crippen molar-refractivity contribution in [1.29, 1.82) is 5.41 Å². The lowest BCUT2D eigenvalue weighted by molar-refractivity contribution is -0.0972. The van der Waals surface area contributed by atoms with Crippen LogP contribution in [0.3, 0.4) is 0 Å². The lowest BCUT2D eigenvalue weighted by Gasteiger charge is -2.24. The number of rotatable bonds is 10. The Morgan fingerprint density at radius 1 is 0.958 bits per heavy atom. The monoisotopic (exact) mass is 331 g/mol. The van der Waals surface area contributed by atoms with E-state index in [4.69, 9.17) is 14.9 Å². The highest BCUT2D eigenvalue weighted by atomic mass is 19.1. The summed E-state index contributed by atoms with van der Waals surface area (Å²) in [5, 5.41) is 17.3. The molecule has 0 unspecified atom stereocenters. The third-order valence-electron chi connectivity index (χ3n) is 3.54. The molecule has 0 aliphatic rings. The first-order valence-electron chi connectivity index (χ1n) is 7.80. The van der Waals surface area contributed by atoms with Crippen molar-refractivity contribution in [2.75, 3.05) is 6.61 Å². The van der Waals surface area contributed by atoms with Gasteiger partial charge in [-0.2, -0.15) is 0 Å². The molecular formula is C19H22FNO3. The van der Waals surface area contributed by atoms with Crippen LogP contribution in [-0.4, -0.2) is 36.3 Å². The predicted molar refractivity (Wildman–Crippen MR) is 90.8 cm³/mol. The smallest absolute Gasteiger partial charge is 0.163 e. The number of halogens is 1. The van der Waals surface area contributed by atoms with Crippen molar-refractivity contribution in [2.45, 2.75) is 31.6 Å². The van der Waals surface area contributed by atoms with Crippen LogP contribution < -0.4 is 0 Å². The largest absolute Gasteiger partial charge is 0.388 e. The Balaban J connectivity index is 1.85. The molecule has 0 saturated heterocycles. The Bertz CT molecular complexity index is 594. The van der Waals surface area contributed by atoms with Crippen molar-refractivity contribution in [1.82, 2.24) is 0 Å². The van der Waals surface area contributed by atoms with Gasteiger partial charge in [0.05, 0.1) is 19.8 Å². The van der Waals surface area contributed by atoms with Crippen LogP contribution in [0.5, 0.6) is 0 Å². The van der Waals surface area contributed by atoms with Gasteiger partial charge in [-0.25, -0.2) is 4.39 Å². The van der Waals surface area contributed by atoms with Gasteiger partial charge in [-0.1, -0.05) is 60.7 Å². The molecule has 0 bridgehead atoms. The second kappa shape index (κ2) is 9.93. The van der Waals surface area contributed by atoms with Gasteiger partial charge < -0.3 is 20.0 Å². The summed E-state index contributed by atoms with van der Waals surface area (Å²) in [5.41, 5.74) is 1.84. The Labute approximate surface area is 141 Å². The van der Waals surface area contributed by atoms with E-state index in [2.05, 4.69) is 0 Å². The van der Waals surface area contributed by atoms with Gasteiger partial charge in [0.15, 0.2) is 6.17 Å². The second-order valence-electron chi connectivity index (χ2n) is 5.44. The standard InChI is InChI=1S/C19H22FNO3/c20-17(11-21)19(24-13-16-9-5-2-6-10-16)18(22)14-23-12-15-7-3-1-4-8-15/h1-11,17-19,21-22H,12-14H2/t17-,18-,19+/m1/s1. The molecule has 0 spiro atoms. The van der Waals surface area contributed by atoms with Crippen molar-refractivity contribution in [3.8, 4) is 0 Å². The first-order valence-corrected chi connectivity index (χ1v) is 7.80. The molecule has 2 aromatic carbocycles. The van der Waals surface area contributed by atoms with Gasteiger partial charge in [-0.3, -0.25) is 0 Å². The first-order chi connectivity index (χ1) is 11.7. The molecule has 0 saturated carbocycles. The summed E-state index contributed by atoms with van der Waals surface area (Å²) in [5.74, 6) is 0. The van der Waals surface area contributed by atoms with E-state index >= 15 is 0 Å². The Morgan fingerprint density at radius 2 is 1.50 bits per heavy atom. The summed E-state index contributed by atoms with van der Waals surface area (Å²) in [4.78, 5) is 0. The summed E-state index contributed by atoms with van der Waals surface area (Å²) in [6, 6.07) is 18.8. The van der Waals surface area contributed by atoms with Crippen molar-refractivity contribution >= 4 is 6.21 Å². The molecule has 0 aliphatic heterocycles. The number of benzene rings is 2. The van der Waals surface area contributed by atoms with Crippen LogP contribution in [0.25, 0.3) is 0 Å². The maximum Gasteiger partial charge on any atom is 0.163 e. The van der Waals surface area contributed by atoms with E-state index in [0.717, 1.165) is 11.1 Å². The van der Waals surface area contributed by atoms with Crippen LogP contribution in [0.1, 0.15) is 11.1 Å². The summed E-state index contributed by atoms with van der Waals surface area (Å²) >= 11 is 0. The van der Waals surface area contributed by atoms with Gasteiger partial charge >= 0.3 is 0 Å². The Morgan fingerprint density at radius 3 is 2.04 bits per heavy atom. The van der Waals surface area contributed by atoms with E-state index in [-0.39, 0.29) is 13.2 Å². The van der Waals surface area contributed by atoms with Crippen molar-refractivity contribution in [3.05, 3.63) is 71.8 Å². The van der Waals surface area contributed by atoms with E-state index in [0.29, 0.717) is 12.8 Å². The van der Waals surface area contributed by atoms with Crippen molar-refractivity contribution in [2.24, 2.45) is 0 Å². The van der Waals surface area contributed by atoms with Crippen LogP contribution in [0, 0.1) is 5.41 Å². The topological polar surface area (TPSA) is 62.5 Å². The molecule has 2 N–H and O–H groups in total. The van der Waals surface area contributed by atoms with E-state index in [1.54, 1.807) is 0 Å². The molecule has 0 aromatic heterocycles. The molecular weight excluding hydrogens is 309 g/mol. The summed E-state index contributed by atoms with van der Waals surface area (Å²) < 4.78 is 24.8. The van der Waals surface area contributed by atoms with Crippen molar-refractivity contribution < 1.29 is 19.0 Å². The minimum Gasteiger partial charge on any atom is -0.388 e. The van der Waals surface area contributed by atoms with E-state index < -0.39 is 18.4 Å². The van der Waals surface area contributed by atoms with Crippen molar-refractivity contribution in [3.63, 3.8) is 0 Å². The first kappa shape index (κ1) is 18.3. The van der Waals surface area contributed by atoms with Gasteiger partial charge in [0.2, 0.25) is 0 Å². The normalized spacial score (nSPS) is 14.8. The number of hydrogen-bond acceptors (Lipinski definition) is 4. The highest BCUT2D eigenvalue weighted by Crippen LogP contribution is 2.13. The third kappa shape index (κ3) is 5.85. The average Bonchev–Trinajstić information content (AvgIpc) is 2.63. The minimum atomic E-state index is -1.69. The van der Waals surface area contributed by atoms with Gasteiger partial charge in [0.1, 0.15) is 12.2 Å². The summed E-state index contributed by atoms with van der Waals surface area (Å²) in [7, 11) is 0. The third-order valence-corrected chi connectivity index (χ3v) is 3.54. The molecule has 128 valence electrons. The number of ether oxygens (including phenoxy) is 2. The molecule has 0 radical (unpaired) electrons. The lowest BCUT2D eigenvalue weighted by atomic mass is 10.1. The molecule has 0 heterocycles. The molecule has 0 amide bonds. The van der Waals surface area contributed by atoms with Crippen LogP contribution in [-0.2, 0) is 22.7 Å². The van der Waals surface area contributed by atoms with Crippen LogP contribution in [0.15, 0.2) is 60.7 Å². The van der Waals surface area contributed by atoms with E-state index in [1.807, 2.05) is 60.7 Å². The molecule has 0 aliphatic carbocycles.